The van der Waals surface area contributed by atoms with E-state index in [1.165, 1.54) is 0 Å². The monoisotopic (exact) mass is 277 g/mol. The summed E-state index contributed by atoms with van der Waals surface area (Å²) in [6.45, 7) is 0. The maximum atomic E-state index is 11.6. The molecule has 0 aliphatic carbocycles. The predicted molar refractivity (Wildman–Crippen MR) is 69.0 cm³/mol. The van der Waals surface area contributed by atoms with Gasteiger partial charge in [0.2, 0.25) is 11.8 Å². The molecule has 8 heteroatoms. The quantitative estimate of drug-likeness (QED) is 0.422. The molecule has 0 radical (unpaired) electrons. The first-order valence-electron chi connectivity index (χ1n) is 5.44. The van der Waals surface area contributed by atoms with Crippen LogP contribution < -0.4 is 16.8 Å². The van der Waals surface area contributed by atoms with Gasteiger partial charge in [0.25, 0.3) is 0 Å². The Morgan fingerprint density at radius 1 is 1.33 bits per heavy atom. The van der Waals surface area contributed by atoms with Gasteiger partial charge in [-0.15, -0.1) is 0 Å². The Labute approximate surface area is 110 Å². The van der Waals surface area contributed by atoms with Crippen LogP contribution in [0.25, 0.3) is 0 Å². The van der Waals surface area contributed by atoms with Crippen LogP contribution >= 0.6 is 11.8 Å². The highest BCUT2D eigenvalue weighted by Gasteiger charge is 2.23. The van der Waals surface area contributed by atoms with Gasteiger partial charge in [-0.1, -0.05) is 0 Å². The van der Waals surface area contributed by atoms with Crippen LogP contribution in [0.5, 0.6) is 0 Å². The van der Waals surface area contributed by atoms with Gasteiger partial charge in [0.05, 0.1) is 6.04 Å². The summed E-state index contributed by atoms with van der Waals surface area (Å²) in [4.78, 5) is 33.0. The average Bonchev–Trinajstić information content (AvgIpc) is 2.30. The fraction of sp³-hybridized carbons (Fsp3) is 0.700. The minimum absolute atomic E-state index is 0.0361. The SMILES string of the molecule is CSCC[C@@H](N)C(=O)NC(CCC(N)=O)C(=O)O. The fourth-order valence-corrected chi connectivity index (χ4v) is 1.69. The molecule has 7 nitrogen and oxygen atoms in total. The van der Waals surface area contributed by atoms with Gasteiger partial charge < -0.3 is 21.9 Å². The molecule has 6 N–H and O–H groups in total. The largest absolute Gasteiger partial charge is 0.480 e. The second-order valence-electron chi connectivity index (χ2n) is 3.79. The van der Waals surface area contributed by atoms with Crippen LogP contribution in [0.15, 0.2) is 0 Å². The molecule has 0 heterocycles. The van der Waals surface area contributed by atoms with Crippen LogP contribution in [0.1, 0.15) is 19.3 Å². The molecule has 0 rings (SSSR count). The molecule has 104 valence electrons. The van der Waals surface area contributed by atoms with Gasteiger partial charge >= 0.3 is 5.97 Å². The maximum Gasteiger partial charge on any atom is 0.326 e. The first-order valence-corrected chi connectivity index (χ1v) is 6.83. The number of nitrogens with one attached hydrogen (secondary N) is 1. The number of carboxylic acids is 1. The van der Waals surface area contributed by atoms with E-state index in [-0.39, 0.29) is 12.8 Å². The third-order valence-electron chi connectivity index (χ3n) is 2.26. The highest BCUT2D eigenvalue weighted by molar-refractivity contribution is 7.98. The van der Waals surface area contributed by atoms with Crippen molar-refractivity contribution in [3.63, 3.8) is 0 Å². The van der Waals surface area contributed by atoms with Crippen LogP contribution in [-0.4, -0.2) is 47.0 Å². The lowest BCUT2D eigenvalue weighted by atomic mass is 10.1. The van der Waals surface area contributed by atoms with Crippen molar-refractivity contribution in [3.05, 3.63) is 0 Å². The zero-order valence-corrected chi connectivity index (χ0v) is 11.0. The predicted octanol–water partition coefficient (Wildman–Crippen LogP) is -1.10. The van der Waals surface area contributed by atoms with Crippen LogP contribution in [0.3, 0.4) is 0 Å². The standard InChI is InChI=1S/C10H19N3O4S/c1-18-5-4-6(11)9(15)13-7(10(16)17)2-3-8(12)14/h6-7H,2-5,11H2,1H3,(H2,12,14)(H,13,15)(H,16,17)/t6-,7?/m1/s1. The molecule has 0 aromatic rings. The summed E-state index contributed by atoms with van der Waals surface area (Å²) >= 11 is 1.55. The highest BCUT2D eigenvalue weighted by Crippen LogP contribution is 2.01. The molecule has 0 aliphatic heterocycles. The molecule has 0 saturated carbocycles. The van der Waals surface area contributed by atoms with Gasteiger partial charge in [-0.2, -0.15) is 11.8 Å². The first-order chi connectivity index (χ1) is 8.38. The van der Waals surface area contributed by atoms with Crippen LogP contribution in [0, 0.1) is 0 Å². The smallest absolute Gasteiger partial charge is 0.326 e. The minimum Gasteiger partial charge on any atom is -0.480 e. The molecule has 0 fully saturated rings. The van der Waals surface area contributed by atoms with E-state index in [0.29, 0.717) is 12.2 Å². The Kier molecular flexibility index (Phi) is 8.14. The number of aliphatic carboxylic acids is 1. The maximum absolute atomic E-state index is 11.6. The van der Waals surface area contributed by atoms with Gasteiger partial charge in [-0.05, 0) is 24.9 Å². The number of amides is 2. The molecule has 0 aromatic carbocycles. The van der Waals surface area contributed by atoms with Crippen molar-refractivity contribution in [3.8, 4) is 0 Å². The molecule has 0 bridgehead atoms. The van der Waals surface area contributed by atoms with Crippen molar-refractivity contribution in [1.82, 2.24) is 5.32 Å². The van der Waals surface area contributed by atoms with E-state index in [9.17, 15) is 14.4 Å². The second kappa shape index (κ2) is 8.76. The molecule has 2 atom stereocenters. The van der Waals surface area contributed by atoms with Gasteiger partial charge in [0.15, 0.2) is 0 Å². The molecule has 0 aromatic heterocycles. The highest BCUT2D eigenvalue weighted by atomic mass is 32.2. The van der Waals surface area contributed by atoms with E-state index in [4.69, 9.17) is 16.6 Å². The Bertz CT molecular complexity index is 311. The zero-order valence-electron chi connectivity index (χ0n) is 10.2. The number of nitrogens with two attached hydrogens (primary N) is 2. The number of carboxylic acid groups (broad SMARTS) is 1. The lowest BCUT2D eigenvalue weighted by Crippen LogP contribution is -2.48. The molecule has 2 amide bonds. The van der Waals surface area contributed by atoms with E-state index >= 15 is 0 Å². The zero-order chi connectivity index (χ0) is 14.1. The Balaban J connectivity index is 4.26. The van der Waals surface area contributed by atoms with Crippen molar-refractivity contribution >= 4 is 29.5 Å². The summed E-state index contributed by atoms with van der Waals surface area (Å²) in [5, 5.41) is 11.2. The van der Waals surface area contributed by atoms with Crippen LogP contribution in [0.4, 0.5) is 0 Å². The van der Waals surface area contributed by atoms with Crippen molar-refractivity contribution in [2.24, 2.45) is 11.5 Å². The third-order valence-corrected chi connectivity index (χ3v) is 2.91. The van der Waals surface area contributed by atoms with E-state index < -0.39 is 29.9 Å². The minimum atomic E-state index is -1.21. The average molecular weight is 277 g/mol. The Morgan fingerprint density at radius 2 is 1.94 bits per heavy atom. The summed E-state index contributed by atoms with van der Waals surface area (Å²) in [7, 11) is 0. The van der Waals surface area contributed by atoms with Gasteiger partial charge in [0, 0.05) is 6.42 Å². The molecule has 18 heavy (non-hydrogen) atoms. The number of carbonyl (C=O) groups is 3. The molecular formula is C10H19N3O4S. The first kappa shape index (κ1) is 16.7. The van der Waals surface area contributed by atoms with Crippen LogP contribution in [-0.2, 0) is 14.4 Å². The van der Waals surface area contributed by atoms with Gasteiger partial charge in [0.1, 0.15) is 6.04 Å². The Morgan fingerprint density at radius 3 is 2.39 bits per heavy atom. The lowest BCUT2D eigenvalue weighted by Gasteiger charge is -2.17. The Hall–Kier alpha value is -1.28. The van der Waals surface area contributed by atoms with Crippen molar-refractivity contribution in [2.45, 2.75) is 31.3 Å². The lowest BCUT2D eigenvalue weighted by molar-refractivity contribution is -0.142. The van der Waals surface area contributed by atoms with Crippen molar-refractivity contribution in [2.75, 3.05) is 12.0 Å². The van der Waals surface area contributed by atoms with Crippen LogP contribution in [0.2, 0.25) is 0 Å². The summed E-state index contributed by atoms with van der Waals surface area (Å²) in [6.07, 6.45) is 2.22. The molecular weight excluding hydrogens is 258 g/mol. The molecule has 0 spiro atoms. The van der Waals surface area contributed by atoms with E-state index in [1.807, 2.05) is 6.26 Å². The summed E-state index contributed by atoms with van der Waals surface area (Å²) < 4.78 is 0. The van der Waals surface area contributed by atoms with Gasteiger partial charge in [-0.3, -0.25) is 9.59 Å². The number of hydrogen-bond acceptors (Lipinski definition) is 5. The topological polar surface area (TPSA) is 136 Å². The van der Waals surface area contributed by atoms with Gasteiger partial charge in [-0.25, -0.2) is 4.79 Å². The normalized spacial score (nSPS) is 13.7. The third kappa shape index (κ3) is 7.13. The van der Waals surface area contributed by atoms with Crippen molar-refractivity contribution < 1.29 is 19.5 Å². The summed E-state index contributed by atoms with van der Waals surface area (Å²) in [6, 6.07) is -1.88. The summed E-state index contributed by atoms with van der Waals surface area (Å²) in [5.74, 6) is -1.63. The number of primary amides is 1. The fourth-order valence-electron chi connectivity index (χ4n) is 1.20. The number of thioether (sulfide) groups is 1. The van der Waals surface area contributed by atoms with E-state index in [2.05, 4.69) is 5.32 Å². The van der Waals surface area contributed by atoms with E-state index in [0.717, 1.165) is 0 Å². The molecule has 0 saturated heterocycles. The number of hydrogen-bond donors (Lipinski definition) is 4. The molecule has 0 aliphatic rings. The second-order valence-corrected chi connectivity index (χ2v) is 4.78. The number of carbonyl (C=O) groups excluding carboxylic acids is 2. The van der Waals surface area contributed by atoms with E-state index in [1.54, 1.807) is 11.8 Å². The van der Waals surface area contributed by atoms with Crippen molar-refractivity contribution in [1.29, 1.82) is 0 Å². The number of rotatable bonds is 9. The molecule has 1 unspecified atom stereocenters. The summed E-state index contributed by atoms with van der Waals surface area (Å²) in [5.41, 5.74) is 10.5.